The Morgan fingerprint density at radius 1 is 0.709 bits per heavy atom. The highest BCUT2D eigenvalue weighted by atomic mass is 16.5. The second kappa shape index (κ2) is 27.8. The Morgan fingerprint density at radius 2 is 1.29 bits per heavy atom. The molecular weight excluding hydrogens is 1000 g/mol. The first kappa shape index (κ1) is 58.3. The molecule has 0 aromatic heterocycles. The van der Waals surface area contributed by atoms with Crippen molar-refractivity contribution in [3.05, 3.63) is 124 Å². The number of methoxy groups -OCH3 is 2. The number of ether oxygens (including phenoxy) is 4. The van der Waals surface area contributed by atoms with Crippen LogP contribution >= 0.6 is 0 Å². The van der Waals surface area contributed by atoms with Crippen molar-refractivity contribution in [2.24, 2.45) is 10.7 Å². The molecule has 2 unspecified atom stereocenters. The van der Waals surface area contributed by atoms with Gasteiger partial charge >= 0.3 is 0 Å². The molecule has 0 radical (unpaired) electrons. The van der Waals surface area contributed by atoms with E-state index in [1.54, 1.807) is 47.5 Å². The molecule has 0 bridgehead atoms. The Hall–Kier alpha value is -8.41. The molecule has 3 atom stereocenters. The van der Waals surface area contributed by atoms with Gasteiger partial charge in [-0.15, -0.1) is 0 Å². The van der Waals surface area contributed by atoms with E-state index in [0.717, 1.165) is 28.9 Å². The standard InChI is InChI=1S/C53H54N8O10.C5H12.C3H8/c1-30(58-50(64)27-57-49(63)15-9-8-14-48(54)62)51(65)59-35-17-31(28-70-46-23-40-38(21-44(46)68-2)52(66)60-36(25-55-40)19-33-10-4-6-12-42(33)60)16-32(18-35)29-71-47-24-41-39(22-45(47)69-3)53(67)61-37(26-56-41)20-34-11-5-7-13-43(34)61;1-3-5-4-2;1-3-2/h4-7,10-13,16-18,21-25,30,36-37,56H,8-9,14-15,19-20,26-29H2,1-3H3,(H2,54,62)(H,57,63)(H,58,64)(H,59,65);3-5H2,1-2H3;3H2,1-2H3/t30?,36-,37?;;/m0../s1. The van der Waals surface area contributed by atoms with Gasteiger partial charge in [0, 0.05) is 61.2 Å². The minimum Gasteiger partial charge on any atom is -0.493 e. The number of carbonyl (C=O) groups is 6. The fraction of sp³-hybridized carbons (Fsp3) is 0.393. The zero-order valence-corrected chi connectivity index (χ0v) is 46.4. The van der Waals surface area contributed by atoms with Gasteiger partial charge in [0.25, 0.3) is 11.8 Å². The van der Waals surface area contributed by atoms with Crippen LogP contribution in [0.25, 0.3) is 0 Å². The molecule has 5 aromatic carbocycles. The maximum Gasteiger partial charge on any atom is 0.261 e. The Bertz CT molecular complexity index is 3050. The van der Waals surface area contributed by atoms with Crippen LogP contribution < -0.4 is 55.7 Å². The molecule has 4 aliphatic heterocycles. The molecule has 18 heteroatoms. The van der Waals surface area contributed by atoms with Crippen LogP contribution in [-0.2, 0) is 45.2 Å². The summed E-state index contributed by atoms with van der Waals surface area (Å²) < 4.78 is 24.3. The number of nitrogens with zero attached hydrogens (tertiary/aromatic N) is 3. The summed E-state index contributed by atoms with van der Waals surface area (Å²) in [7, 11) is 3.00. The first-order valence-corrected chi connectivity index (χ1v) is 27.3. The molecule has 0 saturated heterocycles. The SMILES string of the molecule is CCC.CCCCC.COc1cc2c(cc1OCc1cc(COc3cc4c(cc3OC)C(=O)N3c5ccccc5CC3CN4)cc(NC(=O)C(C)NC(=O)CNC(=O)CCCCC(N)=O)c1)N=C[C@@H]1Cc3ccccc3N1C2=O. The number of hydrogen-bond acceptors (Lipinski definition) is 12. The summed E-state index contributed by atoms with van der Waals surface area (Å²) in [6.45, 7) is 10.4. The third-order valence-corrected chi connectivity index (χ3v) is 13.6. The lowest BCUT2D eigenvalue weighted by molar-refractivity contribution is -0.128. The molecule has 79 heavy (non-hydrogen) atoms. The molecule has 4 aliphatic rings. The van der Waals surface area contributed by atoms with Crippen LogP contribution in [-0.4, -0.2) is 87.1 Å². The van der Waals surface area contributed by atoms with E-state index in [9.17, 15) is 28.8 Å². The highest BCUT2D eigenvalue weighted by Crippen LogP contribution is 2.43. The summed E-state index contributed by atoms with van der Waals surface area (Å²) >= 11 is 0. The molecule has 6 amide bonds. The molecule has 0 aliphatic carbocycles. The summed E-state index contributed by atoms with van der Waals surface area (Å²) in [6.07, 6.45) is 9.67. The van der Waals surface area contributed by atoms with E-state index in [0.29, 0.717) is 88.1 Å². The number of unbranched alkanes of at least 4 members (excludes halogenated alkanes) is 3. The number of primary amides is 1. The maximum absolute atomic E-state index is 14.1. The predicted octanol–water partition coefficient (Wildman–Crippen LogP) is 9.36. The van der Waals surface area contributed by atoms with Crippen molar-refractivity contribution in [3.8, 4) is 23.0 Å². The predicted molar refractivity (Wildman–Crippen MR) is 307 cm³/mol. The number of benzene rings is 5. The molecule has 9 rings (SSSR count). The number of para-hydroxylation sites is 2. The maximum atomic E-state index is 14.1. The van der Waals surface area contributed by atoms with Gasteiger partial charge in [-0.1, -0.05) is 89.8 Å². The fourth-order valence-corrected chi connectivity index (χ4v) is 9.74. The number of fused-ring (bicyclic) bond motifs is 8. The largest absolute Gasteiger partial charge is 0.493 e. The lowest BCUT2D eigenvalue weighted by Gasteiger charge is -2.22. The molecule has 0 spiro atoms. The Balaban J connectivity index is 0.00000106. The first-order chi connectivity index (χ1) is 38.2. The van der Waals surface area contributed by atoms with Crippen molar-refractivity contribution in [1.82, 2.24) is 10.6 Å². The van der Waals surface area contributed by atoms with Crippen LogP contribution in [0.2, 0.25) is 0 Å². The van der Waals surface area contributed by atoms with Crippen LogP contribution in [0, 0.1) is 0 Å². The molecule has 5 aromatic rings. The minimum absolute atomic E-state index is 0.00374. The summed E-state index contributed by atoms with van der Waals surface area (Å²) in [4.78, 5) is 86.0. The highest BCUT2D eigenvalue weighted by Gasteiger charge is 2.39. The number of rotatable bonds is 20. The highest BCUT2D eigenvalue weighted by molar-refractivity contribution is 6.15. The van der Waals surface area contributed by atoms with Gasteiger partial charge in [-0.25, -0.2) is 0 Å². The van der Waals surface area contributed by atoms with Gasteiger partial charge in [0.05, 0.1) is 55.3 Å². The van der Waals surface area contributed by atoms with E-state index in [1.165, 1.54) is 46.8 Å². The normalized spacial score (nSPS) is 15.4. The van der Waals surface area contributed by atoms with Gasteiger partial charge < -0.3 is 50.8 Å². The Morgan fingerprint density at radius 3 is 1.91 bits per heavy atom. The Labute approximate surface area is 462 Å². The van der Waals surface area contributed by atoms with Crippen molar-refractivity contribution < 1.29 is 47.7 Å². The van der Waals surface area contributed by atoms with Crippen LogP contribution in [0.5, 0.6) is 23.0 Å². The molecule has 6 N–H and O–H groups in total. The number of hydrogen-bond donors (Lipinski definition) is 5. The molecule has 418 valence electrons. The zero-order valence-electron chi connectivity index (χ0n) is 46.4. The number of aliphatic imine (C=N–C) groups is 1. The van der Waals surface area contributed by atoms with Crippen LogP contribution in [0.3, 0.4) is 0 Å². The number of nitrogens with one attached hydrogen (secondary N) is 4. The van der Waals surface area contributed by atoms with Crippen molar-refractivity contribution in [2.75, 3.05) is 47.7 Å². The van der Waals surface area contributed by atoms with Crippen LogP contribution in [0.1, 0.15) is 129 Å². The lowest BCUT2D eigenvalue weighted by atomic mass is 10.1. The first-order valence-electron chi connectivity index (χ1n) is 27.3. The summed E-state index contributed by atoms with van der Waals surface area (Å²) in [5.41, 5.74) is 12.6. The second-order valence-electron chi connectivity index (χ2n) is 19.9. The molecule has 18 nitrogen and oxygen atoms in total. The zero-order chi connectivity index (χ0) is 56.6. The van der Waals surface area contributed by atoms with Crippen molar-refractivity contribution in [3.63, 3.8) is 0 Å². The van der Waals surface area contributed by atoms with Crippen LogP contribution in [0.15, 0.2) is 96.0 Å². The summed E-state index contributed by atoms with van der Waals surface area (Å²) in [6, 6.07) is 26.5. The summed E-state index contributed by atoms with van der Waals surface area (Å²) in [5.74, 6) is -0.883. The molecule has 4 heterocycles. The van der Waals surface area contributed by atoms with E-state index < -0.39 is 23.8 Å². The van der Waals surface area contributed by atoms with Gasteiger partial charge in [0.15, 0.2) is 23.0 Å². The smallest absolute Gasteiger partial charge is 0.261 e. The van der Waals surface area contributed by atoms with Crippen molar-refractivity contribution >= 4 is 70.1 Å². The topological polar surface area (TPSA) is 232 Å². The molecule has 0 saturated carbocycles. The van der Waals surface area contributed by atoms with E-state index in [4.69, 9.17) is 29.7 Å². The average molecular weight is 1080 g/mol. The lowest BCUT2D eigenvalue weighted by Crippen LogP contribution is -2.45. The van der Waals surface area contributed by atoms with Gasteiger partial charge in [-0.3, -0.25) is 38.7 Å². The van der Waals surface area contributed by atoms with Crippen molar-refractivity contribution in [1.29, 1.82) is 0 Å². The minimum atomic E-state index is -1.01. The number of carbonyl (C=O) groups excluding carboxylic acids is 6. The van der Waals surface area contributed by atoms with Gasteiger partial charge in [-0.05, 0) is 90.9 Å². The third kappa shape index (κ3) is 14.6. The van der Waals surface area contributed by atoms with Gasteiger partial charge in [0.2, 0.25) is 23.6 Å². The van der Waals surface area contributed by atoms with E-state index in [2.05, 4.69) is 49.0 Å². The fourth-order valence-electron chi connectivity index (χ4n) is 9.74. The molecular formula is C61H74N8O10. The second-order valence-corrected chi connectivity index (χ2v) is 19.9. The number of amides is 6. The summed E-state index contributed by atoms with van der Waals surface area (Å²) in [5, 5.41) is 11.5. The van der Waals surface area contributed by atoms with E-state index in [-0.39, 0.29) is 62.4 Å². The van der Waals surface area contributed by atoms with Crippen molar-refractivity contribution in [2.45, 2.75) is 130 Å². The Kier molecular flexibility index (Phi) is 20.5. The average Bonchev–Trinajstić information content (AvgIpc) is 4.17. The number of nitrogens with two attached hydrogens (primary N) is 1. The monoisotopic (exact) mass is 1080 g/mol. The van der Waals surface area contributed by atoms with E-state index in [1.807, 2.05) is 59.5 Å². The molecule has 0 fully saturated rings. The quantitative estimate of drug-likeness (QED) is 0.0461. The van der Waals surface area contributed by atoms with Gasteiger partial charge in [0.1, 0.15) is 19.3 Å². The number of anilines is 4. The van der Waals surface area contributed by atoms with Gasteiger partial charge in [-0.2, -0.15) is 0 Å². The van der Waals surface area contributed by atoms with Crippen LogP contribution in [0.4, 0.5) is 28.4 Å². The van der Waals surface area contributed by atoms with E-state index >= 15 is 0 Å². The third-order valence-electron chi connectivity index (χ3n) is 13.6.